The van der Waals surface area contributed by atoms with Gasteiger partial charge in [-0.1, -0.05) is 18.2 Å². The lowest BCUT2D eigenvalue weighted by atomic mass is 10.2. The van der Waals surface area contributed by atoms with Crippen molar-refractivity contribution < 1.29 is 14.3 Å². The van der Waals surface area contributed by atoms with E-state index in [1.165, 1.54) is 0 Å². The number of hydrogen-bond acceptors (Lipinski definition) is 3. The summed E-state index contributed by atoms with van der Waals surface area (Å²) in [5.74, 6) is 0.971. The van der Waals surface area contributed by atoms with Gasteiger partial charge in [-0.05, 0) is 50.5 Å². The van der Waals surface area contributed by atoms with E-state index in [2.05, 4.69) is 0 Å². The van der Waals surface area contributed by atoms with Gasteiger partial charge in [-0.25, -0.2) is 0 Å². The van der Waals surface area contributed by atoms with E-state index in [9.17, 15) is 4.79 Å². The fourth-order valence-corrected chi connectivity index (χ4v) is 1.68. The largest absolute Gasteiger partial charge is 0.491 e. The zero-order chi connectivity index (χ0) is 13.7. The molecule has 3 nitrogen and oxygen atoms in total. The quantitative estimate of drug-likeness (QED) is 0.735. The molecule has 0 saturated heterocycles. The first kappa shape index (κ1) is 13.7. The molecule has 0 radical (unpaired) electrons. The maximum Gasteiger partial charge on any atom is 0.309 e. The highest BCUT2D eigenvalue weighted by Gasteiger charge is 2.30. The molecule has 3 heteroatoms. The van der Waals surface area contributed by atoms with E-state index >= 15 is 0 Å². The second-order valence-electron chi connectivity index (χ2n) is 5.04. The van der Waals surface area contributed by atoms with Gasteiger partial charge in [0.15, 0.2) is 0 Å². The Hall–Kier alpha value is -1.77. The highest BCUT2D eigenvalue weighted by molar-refractivity contribution is 5.75. The Morgan fingerprint density at radius 1 is 1.32 bits per heavy atom. The third-order valence-corrected chi connectivity index (χ3v) is 2.79. The van der Waals surface area contributed by atoms with Gasteiger partial charge in [0.2, 0.25) is 0 Å². The Kier molecular flexibility index (Phi) is 4.61. The lowest BCUT2D eigenvalue weighted by Crippen LogP contribution is -2.05. The predicted molar refractivity (Wildman–Crippen MR) is 74.9 cm³/mol. The minimum absolute atomic E-state index is 0.0645. The molecule has 0 N–H and O–H groups in total. The van der Waals surface area contributed by atoms with E-state index < -0.39 is 0 Å². The van der Waals surface area contributed by atoms with Crippen molar-refractivity contribution in [1.82, 2.24) is 0 Å². The summed E-state index contributed by atoms with van der Waals surface area (Å²) in [7, 11) is 0. The molecular weight excluding hydrogens is 240 g/mol. The number of esters is 1. The molecule has 2 rings (SSSR count). The summed E-state index contributed by atoms with van der Waals surface area (Å²) >= 11 is 0. The van der Waals surface area contributed by atoms with Gasteiger partial charge >= 0.3 is 5.97 Å². The summed E-state index contributed by atoms with van der Waals surface area (Å²) in [6.45, 7) is 4.35. The van der Waals surface area contributed by atoms with Crippen LogP contribution in [0, 0.1) is 5.92 Å². The predicted octanol–water partition coefficient (Wildman–Crippen LogP) is 3.44. The molecule has 0 aromatic heterocycles. The number of benzene rings is 1. The molecule has 1 aromatic rings. The summed E-state index contributed by atoms with van der Waals surface area (Å²) in [4.78, 5) is 11.3. The normalized spacial score (nSPS) is 14.9. The van der Waals surface area contributed by atoms with Crippen LogP contribution in [0.5, 0.6) is 5.75 Å². The van der Waals surface area contributed by atoms with Crippen molar-refractivity contribution in [2.45, 2.75) is 32.8 Å². The van der Waals surface area contributed by atoms with Crippen LogP contribution in [0.15, 0.2) is 30.3 Å². The van der Waals surface area contributed by atoms with Crippen molar-refractivity contribution >= 4 is 12.0 Å². The Morgan fingerprint density at radius 3 is 2.58 bits per heavy atom. The summed E-state index contributed by atoms with van der Waals surface area (Å²) in [5, 5.41) is 0. The third kappa shape index (κ3) is 4.78. The molecule has 0 bridgehead atoms. The van der Waals surface area contributed by atoms with E-state index in [0.717, 1.165) is 24.2 Å². The topological polar surface area (TPSA) is 35.5 Å². The average Bonchev–Trinajstić information content (AvgIpc) is 3.20. The monoisotopic (exact) mass is 260 g/mol. The van der Waals surface area contributed by atoms with Crippen LogP contribution in [0.4, 0.5) is 0 Å². The molecule has 0 amide bonds. The standard InChI is InChI=1S/C16H20O3/c1-12(2)19-15-9-5-13(6-10-15)4-3-11-18-16(17)14-7-8-14/h3-6,9-10,12,14H,7-8,11H2,1-2H3. The number of carbonyl (C=O) groups excluding carboxylic acids is 1. The van der Waals surface area contributed by atoms with Crippen LogP contribution in [-0.2, 0) is 9.53 Å². The van der Waals surface area contributed by atoms with Crippen LogP contribution in [-0.4, -0.2) is 18.7 Å². The van der Waals surface area contributed by atoms with Crippen LogP contribution in [0.3, 0.4) is 0 Å². The fourth-order valence-electron chi connectivity index (χ4n) is 1.68. The molecule has 1 aromatic carbocycles. The van der Waals surface area contributed by atoms with Gasteiger partial charge < -0.3 is 9.47 Å². The van der Waals surface area contributed by atoms with Crippen LogP contribution < -0.4 is 4.74 Å². The summed E-state index contributed by atoms with van der Waals surface area (Å²) < 4.78 is 10.7. The van der Waals surface area contributed by atoms with E-state index in [0.29, 0.717) is 6.61 Å². The Morgan fingerprint density at radius 2 is 2.00 bits per heavy atom. The molecule has 1 aliphatic carbocycles. The molecule has 0 heterocycles. The van der Waals surface area contributed by atoms with Crippen molar-refractivity contribution in [2.24, 2.45) is 5.92 Å². The smallest absolute Gasteiger partial charge is 0.309 e. The minimum Gasteiger partial charge on any atom is -0.491 e. The average molecular weight is 260 g/mol. The van der Waals surface area contributed by atoms with Crippen LogP contribution >= 0.6 is 0 Å². The number of carbonyl (C=O) groups is 1. The maximum absolute atomic E-state index is 11.3. The molecule has 102 valence electrons. The zero-order valence-corrected chi connectivity index (χ0v) is 11.5. The third-order valence-electron chi connectivity index (χ3n) is 2.79. The van der Waals surface area contributed by atoms with E-state index in [1.54, 1.807) is 0 Å². The Bertz CT molecular complexity index is 442. The van der Waals surface area contributed by atoms with E-state index in [-0.39, 0.29) is 18.0 Å². The van der Waals surface area contributed by atoms with Crippen LogP contribution in [0.2, 0.25) is 0 Å². The first-order chi connectivity index (χ1) is 9.15. The fraction of sp³-hybridized carbons (Fsp3) is 0.438. The molecule has 19 heavy (non-hydrogen) atoms. The Labute approximate surface area is 114 Å². The lowest BCUT2D eigenvalue weighted by molar-refractivity contribution is -0.143. The Balaban J connectivity index is 1.76. The van der Waals surface area contributed by atoms with Gasteiger partial charge in [0, 0.05) is 0 Å². The zero-order valence-electron chi connectivity index (χ0n) is 11.5. The lowest BCUT2D eigenvalue weighted by Gasteiger charge is -2.09. The second-order valence-corrected chi connectivity index (χ2v) is 5.04. The summed E-state index contributed by atoms with van der Waals surface area (Å²) in [5.41, 5.74) is 1.07. The van der Waals surface area contributed by atoms with Gasteiger partial charge in [0.25, 0.3) is 0 Å². The van der Waals surface area contributed by atoms with Crippen molar-refractivity contribution in [3.63, 3.8) is 0 Å². The number of rotatable bonds is 6. The highest BCUT2D eigenvalue weighted by atomic mass is 16.5. The molecule has 0 aliphatic heterocycles. The number of ether oxygens (including phenoxy) is 2. The highest BCUT2D eigenvalue weighted by Crippen LogP contribution is 2.29. The van der Waals surface area contributed by atoms with Crippen molar-refractivity contribution in [1.29, 1.82) is 0 Å². The van der Waals surface area contributed by atoms with E-state index in [4.69, 9.17) is 9.47 Å². The SMILES string of the molecule is CC(C)Oc1ccc(C=CCOC(=O)C2CC2)cc1. The minimum atomic E-state index is -0.0645. The van der Waals surface area contributed by atoms with Gasteiger partial charge in [-0.15, -0.1) is 0 Å². The molecule has 1 saturated carbocycles. The van der Waals surface area contributed by atoms with Crippen molar-refractivity contribution in [2.75, 3.05) is 6.61 Å². The number of hydrogen-bond donors (Lipinski definition) is 0. The van der Waals surface area contributed by atoms with Gasteiger partial charge in [-0.3, -0.25) is 4.79 Å². The first-order valence-corrected chi connectivity index (χ1v) is 6.75. The van der Waals surface area contributed by atoms with Gasteiger partial charge in [0.1, 0.15) is 12.4 Å². The van der Waals surface area contributed by atoms with Crippen molar-refractivity contribution in [3.05, 3.63) is 35.9 Å². The van der Waals surface area contributed by atoms with Crippen LogP contribution in [0.25, 0.3) is 6.08 Å². The first-order valence-electron chi connectivity index (χ1n) is 6.75. The van der Waals surface area contributed by atoms with Gasteiger partial charge in [0.05, 0.1) is 12.0 Å². The second kappa shape index (κ2) is 6.41. The van der Waals surface area contributed by atoms with Gasteiger partial charge in [-0.2, -0.15) is 0 Å². The van der Waals surface area contributed by atoms with Crippen LogP contribution in [0.1, 0.15) is 32.3 Å². The molecule has 0 spiro atoms. The summed E-state index contributed by atoms with van der Waals surface area (Å²) in [6, 6.07) is 7.85. The van der Waals surface area contributed by atoms with Crippen molar-refractivity contribution in [3.8, 4) is 5.75 Å². The summed E-state index contributed by atoms with van der Waals surface area (Å²) in [6.07, 6.45) is 5.96. The molecular formula is C16H20O3. The van der Waals surface area contributed by atoms with E-state index in [1.807, 2.05) is 50.3 Å². The maximum atomic E-state index is 11.3. The molecule has 1 fully saturated rings. The molecule has 0 atom stereocenters. The molecule has 0 unspecified atom stereocenters. The molecule has 1 aliphatic rings.